The van der Waals surface area contributed by atoms with Gasteiger partial charge >= 0.3 is 0 Å². The molecule has 1 N–H and O–H groups in total. The Morgan fingerprint density at radius 2 is 1.85 bits per heavy atom. The Labute approximate surface area is 160 Å². The van der Waals surface area contributed by atoms with Crippen molar-refractivity contribution in [3.05, 3.63) is 70.7 Å². The Bertz CT molecular complexity index is 986. The number of carbonyl (C=O) groups is 2. The van der Waals surface area contributed by atoms with Gasteiger partial charge in [-0.1, -0.05) is 47.7 Å². The number of hydrogen-bond donors (Lipinski definition) is 1. The Kier molecular flexibility index (Phi) is 4.68. The van der Waals surface area contributed by atoms with Crippen LogP contribution in [0.2, 0.25) is 0 Å². The van der Waals surface area contributed by atoms with Gasteiger partial charge in [0, 0.05) is 30.1 Å². The van der Waals surface area contributed by atoms with E-state index in [1.807, 2.05) is 55.5 Å². The SMILES string of the molecule is Cc1ccccc1C(=O)Nc1nnc(C2CC(=O)N(c3ccccc3)C2)s1. The van der Waals surface area contributed by atoms with Crippen LogP contribution in [0.25, 0.3) is 0 Å². The van der Waals surface area contributed by atoms with Crippen LogP contribution in [0.15, 0.2) is 54.6 Å². The minimum absolute atomic E-state index is 0.0145. The maximum atomic E-state index is 12.4. The maximum absolute atomic E-state index is 12.4. The number of hydrogen-bond acceptors (Lipinski definition) is 5. The molecule has 2 amide bonds. The van der Waals surface area contributed by atoms with Crippen LogP contribution in [-0.4, -0.2) is 28.6 Å². The Balaban J connectivity index is 1.46. The van der Waals surface area contributed by atoms with Crippen LogP contribution in [0, 0.1) is 6.92 Å². The van der Waals surface area contributed by atoms with Crippen molar-refractivity contribution in [1.82, 2.24) is 10.2 Å². The van der Waals surface area contributed by atoms with Gasteiger partial charge in [-0.25, -0.2) is 0 Å². The van der Waals surface area contributed by atoms with E-state index in [1.165, 1.54) is 11.3 Å². The molecule has 4 rings (SSSR count). The highest BCUT2D eigenvalue weighted by atomic mass is 32.1. The van der Waals surface area contributed by atoms with Crippen molar-refractivity contribution in [2.75, 3.05) is 16.8 Å². The molecule has 3 aromatic rings. The van der Waals surface area contributed by atoms with E-state index >= 15 is 0 Å². The molecule has 27 heavy (non-hydrogen) atoms. The molecule has 6 nitrogen and oxygen atoms in total. The molecule has 1 fully saturated rings. The van der Waals surface area contributed by atoms with Crippen LogP contribution in [0.3, 0.4) is 0 Å². The molecule has 2 aromatic carbocycles. The van der Waals surface area contributed by atoms with Gasteiger partial charge in [0.2, 0.25) is 11.0 Å². The van der Waals surface area contributed by atoms with E-state index in [-0.39, 0.29) is 17.7 Å². The molecule has 136 valence electrons. The third-order valence-corrected chi connectivity index (χ3v) is 5.59. The van der Waals surface area contributed by atoms with E-state index < -0.39 is 0 Å². The number of aromatic nitrogens is 2. The first kappa shape index (κ1) is 17.4. The summed E-state index contributed by atoms with van der Waals surface area (Å²) in [5, 5.41) is 12.3. The second kappa shape index (κ2) is 7.28. The number of nitrogens with zero attached hydrogens (tertiary/aromatic N) is 3. The Morgan fingerprint density at radius 1 is 1.11 bits per heavy atom. The third-order valence-electron chi connectivity index (χ3n) is 4.59. The first-order valence-electron chi connectivity index (χ1n) is 8.67. The van der Waals surface area contributed by atoms with Crippen molar-refractivity contribution in [3.63, 3.8) is 0 Å². The number of anilines is 2. The summed E-state index contributed by atoms with van der Waals surface area (Å²) in [7, 11) is 0. The summed E-state index contributed by atoms with van der Waals surface area (Å²) in [5.74, 6) is -0.143. The molecule has 1 unspecified atom stereocenters. The molecule has 0 aliphatic carbocycles. The summed E-state index contributed by atoms with van der Waals surface area (Å²) in [6.07, 6.45) is 0.398. The predicted octanol–water partition coefficient (Wildman–Crippen LogP) is 3.62. The van der Waals surface area contributed by atoms with Crippen molar-refractivity contribution >= 4 is 34.0 Å². The number of para-hydroxylation sites is 1. The average molecular weight is 378 g/mol. The highest BCUT2D eigenvalue weighted by Gasteiger charge is 2.33. The Morgan fingerprint density at radius 3 is 2.63 bits per heavy atom. The zero-order chi connectivity index (χ0) is 18.8. The number of amides is 2. The van der Waals surface area contributed by atoms with Gasteiger partial charge in [0.05, 0.1) is 0 Å². The normalized spacial score (nSPS) is 16.6. The van der Waals surface area contributed by atoms with Crippen LogP contribution in [0.1, 0.15) is 33.3 Å². The second-order valence-corrected chi connectivity index (χ2v) is 7.46. The van der Waals surface area contributed by atoms with E-state index in [0.717, 1.165) is 16.3 Å². The van der Waals surface area contributed by atoms with Crippen molar-refractivity contribution in [3.8, 4) is 0 Å². The number of aryl methyl sites for hydroxylation is 1. The quantitative estimate of drug-likeness (QED) is 0.752. The van der Waals surface area contributed by atoms with Crippen molar-refractivity contribution in [1.29, 1.82) is 0 Å². The summed E-state index contributed by atoms with van der Waals surface area (Å²) in [6.45, 7) is 2.46. The molecule has 0 saturated carbocycles. The van der Waals surface area contributed by atoms with Gasteiger partial charge in [-0.15, -0.1) is 10.2 Å². The van der Waals surface area contributed by atoms with Crippen LogP contribution in [0.5, 0.6) is 0 Å². The standard InChI is InChI=1S/C20H18N4O2S/c1-13-7-5-6-10-16(13)18(26)21-20-23-22-19(27-20)14-11-17(25)24(12-14)15-8-3-2-4-9-15/h2-10,14H,11-12H2,1H3,(H,21,23,26). The molecule has 0 spiro atoms. The monoisotopic (exact) mass is 378 g/mol. The minimum atomic E-state index is -0.204. The molecule has 1 aliphatic heterocycles. The van der Waals surface area contributed by atoms with Gasteiger partial charge in [-0.05, 0) is 30.7 Å². The molecule has 0 radical (unpaired) electrons. The maximum Gasteiger partial charge on any atom is 0.257 e. The van der Waals surface area contributed by atoms with Gasteiger partial charge in [0.25, 0.3) is 5.91 Å². The summed E-state index contributed by atoms with van der Waals surface area (Å²) in [5.41, 5.74) is 2.41. The molecule has 1 saturated heterocycles. The fraction of sp³-hybridized carbons (Fsp3) is 0.200. The number of carbonyl (C=O) groups excluding carboxylic acids is 2. The van der Waals surface area contributed by atoms with E-state index in [4.69, 9.17) is 0 Å². The van der Waals surface area contributed by atoms with Gasteiger partial charge in [-0.3, -0.25) is 14.9 Å². The highest BCUT2D eigenvalue weighted by Crippen LogP contribution is 2.34. The zero-order valence-corrected chi connectivity index (χ0v) is 15.6. The summed E-state index contributed by atoms with van der Waals surface area (Å²) in [4.78, 5) is 26.6. The fourth-order valence-electron chi connectivity index (χ4n) is 3.17. The van der Waals surface area contributed by atoms with E-state index in [1.54, 1.807) is 11.0 Å². The molecule has 1 aliphatic rings. The van der Waals surface area contributed by atoms with Gasteiger partial charge < -0.3 is 4.90 Å². The first-order valence-corrected chi connectivity index (χ1v) is 9.49. The fourth-order valence-corrected chi connectivity index (χ4v) is 4.00. The van der Waals surface area contributed by atoms with Gasteiger partial charge in [0.1, 0.15) is 5.01 Å². The van der Waals surface area contributed by atoms with Crippen LogP contribution >= 0.6 is 11.3 Å². The molecular weight excluding hydrogens is 360 g/mol. The van der Waals surface area contributed by atoms with E-state index in [2.05, 4.69) is 15.5 Å². The number of rotatable bonds is 4. The molecular formula is C20H18N4O2S. The van der Waals surface area contributed by atoms with Crippen LogP contribution < -0.4 is 10.2 Å². The van der Waals surface area contributed by atoms with Crippen LogP contribution in [0.4, 0.5) is 10.8 Å². The van der Waals surface area contributed by atoms with Crippen molar-refractivity contribution in [2.24, 2.45) is 0 Å². The van der Waals surface area contributed by atoms with Crippen LogP contribution in [-0.2, 0) is 4.79 Å². The lowest BCUT2D eigenvalue weighted by Gasteiger charge is -2.15. The lowest BCUT2D eigenvalue weighted by Crippen LogP contribution is -2.24. The lowest BCUT2D eigenvalue weighted by molar-refractivity contribution is -0.117. The predicted molar refractivity (Wildman–Crippen MR) is 105 cm³/mol. The molecule has 2 heterocycles. The third kappa shape index (κ3) is 3.59. The largest absolute Gasteiger partial charge is 0.312 e. The number of benzene rings is 2. The van der Waals surface area contributed by atoms with Crippen molar-refractivity contribution in [2.45, 2.75) is 19.3 Å². The summed E-state index contributed by atoms with van der Waals surface area (Å²) in [6, 6.07) is 17.0. The van der Waals surface area contributed by atoms with Gasteiger partial charge in [0.15, 0.2) is 0 Å². The molecule has 0 bridgehead atoms. The summed E-state index contributed by atoms with van der Waals surface area (Å²) < 4.78 is 0. The second-order valence-electron chi connectivity index (χ2n) is 6.46. The van der Waals surface area contributed by atoms with E-state index in [0.29, 0.717) is 23.7 Å². The lowest BCUT2D eigenvalue weighted by atomic mass is 10.1. The molecule has 7 heteroatoms. The molecule has 1 aromatic heterocycles. The first-order chi connectivity index (χ1) is 13.1. The minimum Gasteiger partial charge on any atom is -0.312 e. The van der Waals surface area contributed by atoms with Crippen molar-refractivity contribution < 1.29 is 9.59 Å². The highest BCUT2D eigenvalue weighted by molar-refractivity contribution is 7.15. The zero-order valence-electron chi connectivity index (χ0n) is 14.8. The van der Waals surface area contributed by atoms with Gasteiger partial charge in [-0.2, -0.15) is 0 Å². The topological polar surface area (TPSA) is 75.2 Å². The number of nitrogens with one attached hydrogen (secondary N) is 1. The Hall–Kier alpha value is -3.06. The molecule has 1 atom stereocenters. The average Bonchev–Trinajstić information content (AvgIpc) is 3.29. The smallest absolute Gasteiger partial charge is 0.257 e. The summed E-state index contributed by atoms with van der Waals surface area (Å²) >= 11 is 1.33. The van der Waals surface area contributed by atoms with E-state index in [9.17, 15) is 9.59 Å².